The van der Waals surface area contributed by atoms with Crippen LogP contribution in [-0.2, 0) is 9.59 Å². The molecule has 0 aliphatic rings. The van der Waals surface area contributed by atoms with E-state index in [2.05, 4.69) is 0 Å². The van der Waals surface area contributed by atoms with Crippen LogP contribution in [-0.4, -0.2) is 39.2 Å². The van der Waals surface area contributed by atoms with Gasteiger partial charge in [-0.25, -0.2) is 9.59 Å². The molecule has 0 heterocycles. The quantitative estimate of drug-likeness (QED) is 0.497. The molecule has 1 atom stereocenters. The Hall–Kier alpha value is -3.17. The third-order valence-corrected chi connectivity index (χ3v) is 2.50. The first-order chi connectivity index (χ1) is 10.3. The molecule has 118 valence electrons. The lowest BCUT2D eigenvalue weighted by atomic mass is 10.1. The summed E-state index contributed by atoms with van der Waals surface area (Å²) in [4.78, 5) is 42.6. The first kappa shape index (κ1) is 16.9. The van der Waals surface area contributed by atoms with Crippen LogP contribution in [0.5, 0.6) is 5.75 Å². The summed E-state index contributed by atoms with van der Waals surface area (Å²) in [5, 5.41) is 29.8. The number of nitrogens with zero attached hydrogens (tertiary/aromatic N) is 1. The number of nitrogens with one attached hydrogen (secondary N) is 1. The van der Waals surface area contributed by atoms with E-state index in [0.29, 0.717) is 0 Å². The van der Waals surface area contributed by atoms with Crippen LogP contribution in [0.1, 0.15) is 12.8 Å². The van der Waals surface area contributed by atoms with Crippen molar-refractivity contribution in [1.29, 1.82) is 0 Å². The van der Waals surface area contributed by atoms with Gasteiger partial charge in [0.05, 0.1) is 4.92 Å². The van der Waals surface area contributed by atoms with E-state index in [9.17, 15) is 24.5 Å². The van der Waals surface area contributed by atoms with Gasteiger partial charge in [0, 0.05) is 18.6 Å². The summed E-state index contributed by atoms with van der Waals surface area (Å²) in [6.45, 7) is 0. The zero-order valence-electron chi connectivity index (χ0n) is 11.1. The van der Waals surface area contributed by atoms with Gasteiger partial charge in [0.15, 0.2) is 0 Å². The van der Waals surface area contributed by atoms with Gasteiger partial charge < -0.3 is 20.3 Å². The average molecular weight is 312 g/mol. The molecule has 10 nitrogen and oxygen atoms in total. The van der Waals surface area contributed by atoms with Crippen molar-refractivity contribution in [2.45, 2.75) is 18.9 Å². The number of aliphatic carboxylic acids is 2. The third-order valence-electron chi connectivity index (χ3n) is 2.50. The fraction of sp³-hybridized carbons (Fsp3) is 0.250. The Morgan fingerprint density at radius 3 is 2.27 bits per heavy atom. The van der Waals surface area contributed by atoms with Crippen molar-refractivity contribution in [3.8, 4) is 5.75 Å². The lowest BCUT2D eigenvalue weighted by Crippen LogP contribution is -2.42. The number of ether oxygens (including phenoxy) is 1. The van der Waals surface area contributed by atoms with E-state index < -0.39 is 35.4 Å². The van der Waals surface area contributed by atoms with Crippen LogP contribution in [0, 0.1) is 10.1 Å². The maximum atomic E-state index is 11.5. The summed E-state index contributed by atoms with van der Waals surface area (Å²) in [5.41, 5.74) is -0.197. The lowest BCUT2D eigenvalue weighted by molar-refractivity contribution is -0.384. The fourth-order valence-corrected chi connectivity index (χ4v) is 1.44. The van der Waals surface area contributed by atoms with Crippen LogP contribution in [0.4, 0.5) is 10.5 Å². The molecule has 0 bridgehead atoms. The molecule has 1 amide bonds. The molecule has 1 aromatic carbocycles. The van der Waals surface area contributed by atoms with E-state index >= 15 is 0 Å². The van der Waals surface area contributed by atoms with Crippen LogP contribution in [0.25, 0.3) is 0 Å². The van der Waals surface area contributed by atoms with E-state index in [0.717, 1.165) is 12.1 Å². The van der Waals surface area contributed by atoms with E-state index in [-0.39, 0.29) is 17.9 Å². The van der Waals surface area contributed by atoms with Crippen molar-refractivity contribution in [3.05, 3.63) is 34.4 Å². The van der Waals surface area contributed by atoms with Gasteiger partial charge >= 0.3 is 18.0 Å². The number of nitro groups is 1. The van der Waals surface area contributed by atoms with Gasteiger partial charge in [-0.15, -0.1) is 0 Å². The number of carbonyl (C=O) groups is 3. The maximum Gasteiger partial charge on any atom is 0.413 e. The van der Waals surface area contributed by atoms with Crippen molar-refractivity contribution in [2.24, 2.45) is 0 Å². The van der Waals surface area contributed by atoms with E-state index in [4.69, 9.17) is 14.9 Å². The highest BCUT2D eigenvalue weighted by molar-refractivity contribution is 5.81. The second-order valence-electron chi connectivity index (χ2n) is 4.11. The van der Waals surface area contributed by atoms with Gasteiger partial charge in [0.25, 0.3) is 5.69 Å². The highest BCUT2D eigenvalue weighted by atomic mass is 16.6. The molecule has 10 heteroatoms. The topological polar surface area (TPSA) is 156 Å². The van der Waals surface area contributed by atoms with Crippen LogP contribution >= 0.6 is 0 Å². The number of nitro benzene ring substituents is 1. The first-order valence-corrected chi connectivity index (χ1v) is 5.97. The van der Waals surface area contributed by atoms with E-state index in [1.165, 1.54) is 12.1 Å². The van der Waals surface area contributed by atoms with Crippen molar-refractivity contribution in [2.75, 3.05) is 0 Å². The normalized spacial score (nSPS) is 11.3. The van der Waals surface area contributed by atoms with E-state index in [1.54, 1.807) is 0 Å². The molecule has 3 N–H and O–H groups in total. The lowest BCUT2D eigenvalue weighted by Gasteiger charge is -2.13. The molecular formula is C12H12N2O8. The number of carboxylic acids is 2. The summed E-state index contributed by atoms with van der Waals surface area (Å²) in [6.07, 6.45) is -1.85. The Bertz CT molecular complexity index is 583. The highest BCUT2D eigenvalue weighted by Crippen LogP contribution is 2.17. The molecule has 0 aromatic heterocycles. The van der Waals surface area contributed by atoms with Gasteiger partial charge in [0.1, 0.15) is 11.8 Å². The Morgan fingerprint density at radius 2 is 1.82 bits per heavy atom. The van der Waals surface area contributed by atoms with Crippen LogP contribution in [0.2, 0.25) is 0 Å². The molecular weight excluding hydrogens is 300 g/mol. The van der Waals surface area contributed by atoms with Gasteiger partial charge in [-0.2, -0.15) is 0 Å². The SMILES string of the molecule is O=C(O)CC[C@H](NC(=O)Oc1ccc([N+](=O)[O-])cc1)C(=O)O. The van der Waals surface area contributed by atoms with Crippen molar-refractivity contribution < 1.29 is 34.3 Å². The number of hydrogen-bond acceptors (Lipinski definition) is 6. The number of carboxylic acid groups (broad SMARTS) is 2. The minimum absolute atomic E-state index is 0.0227. The number of non-ortho nitro benzene ring substituents is 1. The summed E-state index contributed by atoms with van der Waals surface area (Å²) >= 11 is 0. The van der Waals surface area contributed by atoms with Crippen LogP contribution < -0.4 is 10.1 Å². The predicted molar refractivity (Wildman–Crippen MR) is 70.5 cm³/mol. The smallest absolute Gasteiger partial charge is 0.413 e. The van der Waals surface area contributed by atoms with Gasteiger partial charge in [-0.3, -0.25) is 14.9 Å². The third kappa shape index (κ3) is 5.45. The predicted octanol–water partition coefficient (Wildman–Crippen LogP) is 1.00. The second kappa shape index (κ2) is 7.57. The number of benzene rings is 1. The molecule has 1 aromatic rings. The second-order valence-corrected chi connectivity index (χ2v) is 4.11. The van der Waals surface area contributed by atoms with Crippen molar-refractivity contribution in [3.63, 3.8) is 0 Å². The number of hydrogen-bond donors (Lipinski definition) is 3. The monoisotopic (exact) mass is 312 g/mol. The summed E-state index contributed by atoms with van der Waals surface area (Å²) < 4.78 is 4.75. The van der Waals surface area contributed by atoms with Crippen LogP contribution in [0.15, 0.2) is 24.3 Å². The molecule has 0 saturated heterocycles. The molecule has 0 spiro atoms. The highest BCUT2D eigenvalue weighted by Gasteiger charge is 2.22. The largest absolute Gasteiger partial charge is 0.481 e. The summed E-state index contributed by atoms with van der Waals surface area (Å²) in [6, 6.07) is 3.15. The Labute approximate surface area is 123 Å². The van der Waals surface area contributed by atoms with Gasteiger partial charge in [-0.1, -0.05) is 0 Å². The minimum atomic E-state index is -1.42. The van der Waals surface area contributed by atoms with Crippen molar-refractivity contribution >= 4 is 23.7 Å². The molecule has 0 aliphatic heterocycles. The summed E-state index contributed by atoms with van der Waals surface area (Å²) in [7, 11) is 0. The zero-order valence-corrected chi connectivity index (χ0v) is 11.1. The van der Waals surface area contributed by atoms with E-state index in [1.807, 2.05) is 5.32 Å². The molecule has 1 rings (SSSR count). The number of rotatable bonds is 7. The molecule has 0 aliphatic carbocycles. The maximum absolute atomic E-state index is 11.5. The first-order valence-electron chi connectivity index (χ1n) is 5.97. The van der Waals surface area contributed by atoms with Gasteiger partial charge in [0.2, 0.25) is 0 Å². The molecule has 0 radical (unpaired) electrons. The Kier molecular flexibility index (Phi) is 5.81. The minimum Gasteiger partial charge on any atom is -0.481 e. The fourth-order valence-electron chi connectivity index (χ4n) is 1.44. The standard InChI is InChI=1S/C12H12N2O8/c15-10(16)6-5-9(11(17)18)13-12(19)22-8-3-1-7(2-4-8)14(20)21/h1-4,9H,5-6H2,(H,13,19)(H,15,16)(H,17,18)/t9-/m0/s1. The number of amides is 1. The van der Waals surface area contributed by atoms with Crippen molar-refractivity contribution in [1.82, 2.24) is 5.32 Å². The zero-order chi connectivity index (χ0) is 16.7. The molecule has 22 heavy (non-hydrogen) atoms. The van der Waals surface area contributed by atoms with Crippen LogP contribution in [0.3, 0.4) is 0 Å². The molecule has 0 fully saturated rings. The van der Waals surface area contributed by atoms with Gasteiger partial charge in [-0.05, 0) is 18.6 Å². The molecule has 0 saturated carbocycles. The number of carbonyl (C=O) groups excluding carboxylic acids is 1. The summed E-state index contributed by atoms with van der Waals surface area (Å²) in [5.74, 6) is -2.62. The average Bonchev–Trinajstić information content (AvgIpc) is 2.43. The Balaban J connectivity index is 2.61. The molecule has 0 unspecified atom stereocenters. The Morgan fingerprint density at radius 1 is 1.23 bits per heavy atom.